The fourth-order valence-electron chi connectivity index (χ4n) is 2.82. The summed E-state index contributed by atoms with van der Waals surface area (Å²) >= 11 is 0. The van der Waals surface area contributed by atoms with E-state index in [-0.39, 0.29) is 5.91 Å². The number of hydrogen-bond donors (Lipinski definition) is 2. The second-order valence-corrected chi connectivity index (χ2v) is 5.27. The van der Waals surface area contributed by atoms with Gasteiger partial charge in [0.05, 0.1) is 16.6 Å². The Hall–Kier alpha value is -3.18. The number of nitrogens with zero attached hydrogens (tertiary/aromatic N) is 2. The summed E-state index contributed by atoms with van der Waals surface area (Å²) in [5.41, 5.74) is 7.07. The Morgan fingerprint density at radius 3 is 2.57 bits per heavy atom. The zero-order chi connectivity index (χ0) is 15.8. The topological polar surface area (TPSA) is 72.4 Å². The Kier molecular flexibility index (Phi) is 3.06. The summed E-state index contributed by atoms with van der Waals surface area (Å²) in [7, 11) is 0. The van der Waals surface area contributed by atoms with Gasteiger partial charge in [0.2, 0.25) is 0 Å². The number of pyridine rings is 1. The quantitative estimate of drug-likeness (QED) is 0.340. The van der Waals surface area contributed by atoms with Crippen LogP contribution in [0.15, 0.2) is 66.9 Å². The third-order valence-corrected chi connectivity index (χ3v) is 3.91. The third-order valence-electron chi connectivity index (χ3n) is 3.91. The number of hydrazine groups is 1. The monoisotopic (exact) mass is 302 g/mol. The van der Waals surface area contributed by atoms with Crippen LogP contribution in [0.3, 0.4) is 0 Å². The predicted octanol–water partition coefficient (Wildman–Crippen LogP) is 2.76. The summed E-state index contributed by atoms with van der Waals surface area (Å²) in [6, 6.07) is 19.4. The Bertz CT molecular complexity index is 1020. The molecule has 4 aromatic rings. The highest BCUT2D eigenvalue weighted by Gasteiger charge is 2.15. The zero-order valence-electron chi connectivity index (χ0n) is 12.2. The van der Waals surface area contributed by atoms with Crippen LogP contribution in [0.5, 0.6) is 0 Å². The maximum Gasteiger partial charge on any atom is 0.265 e. The van der Waals surface area contributed by atoms with Gasteiger partial charge in [0.25, 0.3) is 5.91 Å². The molecule has 1 amide bonds. The van der Waals surface area contributed by atoms with Crippen LogP contribution in [-0.4, -0.2) is 15.3 Å². The van der Waals surface area contributed by atoms with E-state index >= 15 is 0 Å². The molecular weight excluding hydrogens is 288 g/mol. The van der Waals surface area contributed by atoms with E-state index in [1.807, 2.05) is 65.2 Å². The van der Waals surface area contributed by atoms with Crippen molar-refractivity contribution in [1.82, 2.24) is 14.8 Å². The van der Waals surface area contributed by atoms with Crippen molar-refractivity contribution in [3.63, 3.8) is 0 Å². The van der Waals surface area contributed by atoms with E-state index in [9.17, 15) is 4.79 Å². The number of nitrogen functional groups attached to an aromatic ring is 1. The number of amides is 1. The molecule has 112 valence electrons. The van der Waals surface area contributed by atoms with Crippen molar-refractivity contribution in [3.05, 3.63) is 72.4 Å². The Morgan fingerprint density at radius 1 is 1.04 bits per heavy atom. The molecule has 4 rings (SSSR count). The van der Waals surface area contributed by atoms with Crippen LogP contribution in [0.2, 0.25) is 0 Å². The van der Waals surface area contributed by atoms with Crippen molar-refractivity contribution in [2.45, 2.75) is 0 Å². The van der Waals surface area contributed by atoms with Gasteiger partial charge in [-0.05, 0) is 23.8 Å². The van der Waals surface area contributed by atoms with Crippen molar-refractivity contribution < 1.29 is 4.79 Å². The number of carbonyl (C=O) groups excluding carboxylic acids is 1. The van der Waals surface area contributed by atoms with Gasteiger partial charge >= 0.3 is 0 Å². The number of fused-ring (bicyclic) bond motifs is 3. The number of hydrogen-bond acceptors (Lipinski definition) is 3. The van der Waals surface area contributed by atoms with Gasteiger partial charge in [-0.25, -0.2) is 10.8 Å². The van der Waals surface area contributed by atoms with Gasteiger partial charge in [-0.15, -0.1) is 0 Å². The molecule has 23 heavy (non-hydrogen) atoms. The molecule has 0 spiro atoms. The first kappa shape index (κ1) is 13.5. The minimum Gasteiger partial charge on any atom is -0.299 e. The molecule has 5 nitrogen and oxygen atoms in total. The van der Waals surface area contributed by atoms with Gasteiger partial charge in [0.1, 0.15) is 5.65 Å². The lowest BCUT2D eigenvalue weighted by Crippen LogP contribution is -2.30. The fraction of sp³-hybridized carbons (Fsp3) is 0. The van der Waals surface area contributed by atoms with Gasteiger partial charge < -0.3 is 0 Å². The van der Waals surface area contributed by atoms with E-state index in [2.05, 4.69) is 10.4 Å². The average molecular weight is 302 g/mol. The maximum absolute atomic E-state index is 12.2. The van der Waals surface area contributed by atoms with Crippen LogP contribution in [-0.2, 0) is 0 Å². The van der Waals surface area contributed by atoms with Gasteiger partial charge in [-0.2, -0.15) is 0 Å². The van der Waals surface area contributed by atoms with Crippen LogP contribution in [0.1, 0.15) is 10.4 Å². The lowest BCUT2D eigenvalue weighted by molar-refractivity contribution is 0.0954. The van der Waals surface area contributed by atoms with E-state index in [0.29, 0.717) is 11.2 Å². The zero-order valence-corrected chi connectivity index (χ0v) is 12.2. The first-order valence-corrected chi connectivity index (χ1v) is 7.25. The number of nitrogens with two attached hydrogens (primary N) is 1. The molecule has 5 heteroatoms. The van der Waals surface area contributed by atoms with E-state index in [1.165, 1.54) is 0 Å². The van der Waals surface area contributed by atoms with E-state index in [1.54, 1.807) is 6.07 Å². The molecule has 0 atom stereocenters. The SMILES string of the molecule is NNC(=O)c1cc2nc3ccccc3n2cc1-c1ccccc1. The number of benzene rings is 2. The lowest BCUT2D eigenvalue weighted by atomic mass is 10.0. The average Bonchev–Trinajstić information content (AvgIpc) is 2.98. The summed E-state index contributed by atoms with van der Waals surface area (Å²) in [6.45, 7) is 0. The second kappa shape index (κ2) is 5.23. The summed E-state index contributed by atoms with van der Waals surface area (Å²) in [4.78, 5) is 16.8. The molecule has 0 radical (unpaired) electrons. The molecule has 0 unspecified atom stereocenters. The van der Waals surface area contributed by atoms with Crippen molar-refractivity contribution in [1.29, 1.82) is 0 Å². The second-order valence-electron chi connectivity index (χ2n) is 5.27. The van der Waals surface area contributed by atoms with Crippen molar-refractivity contribution in [3.8, 4) is 11.1 Å². The highest BCUT2D eigenvalue weighted by molar-refractivity contribution is 6.02. The highest BCUT2D eigenvalue weighted by Crippen LogP contribution is 2.27. The number of carbonyl (C=O) groups is 1. The van der Waals surface area contributed by atoms with Crippen molar-refractivity contribution in [2.24, 2.45) is 5.84 Å². The normalized spacial score (nSPS) is 11.0. The Balaban J connectivity index is 2.09. The van der Waals surface area contributed by atoms with Gasteiger partial charge in [0.15, 0.2) is 0 Å². The minimum absolute atomic E-state index is 0.335. The van der Waals surface area contributed by atoms with Crippen LogP contribution < -0.4 is 11.3 Å². The summed E-state index contributed by atoms with van der Waals surface area (Å²) < 4.78 is 1.99. The first-order valence-electron chi connectivity index (χ1n) is 7.25. The van der Waals surface area contributed by atoms with Gasteiger partial charge in [-0.1, -0.05) is 42.5 Å². The molecule has 2 aromatic carbocycles. The Labute approximate surface area is 132 Å². The number of rotatable bonds is 2. The minimum atomic E-state index is -0.335. The largest absolute Gasteiger partial charge is 0.299 e. The fourth-order valence-corrected chi connectivity index (χ4v) is 2.82. The molecule has 0 aliphatic rings. The maximum atomic E-state index is 12.2. The van der Waals surface area contributed by atoms with Crippen LogP contribution in [0.4, 0.5) is 0 Å². The first-order chi connectivity index (χ1) is 11.3. The standard InChI is InChI=1S/C18H14N4O/c19-21-18(23)13-10-17-20-15-8-4-5-9-16(15)22(17)11-14(13)12-6-2-1-3-7-12/h1-11H,19H2,(H,21,23). The smallest absolute Gasteiger partial charge is 0.265 e. The highest BCUT2D eigenvalue weighted by atomic mass is 16.2. The molecule has 2 heterocycles. The van der Waals surface area contributed by atoms with Crippen LogP contribution >= 0.6 is 0 Å². The summed E-state index contributed by atoms with van der Waals surface area (Å²) in [5.74, 6) is 5.01. The molecule has 0 aliphatic carbocycles. The van der Waals surface area contributed by atoms with Gasteiger partial charge in [0, 0.05) is 11.8 Å². The summed E-state index contributed by atoms with van der Waals surface area (Å²) in [6.07, 6.45) is 1.94. The molecule has 0 fully saturated rings. The molecule has 0 saturated heterocycles. The molecule has 2 aromatic heterocycles. The molecule has 0 aliphatic heterocycles. The number of para-hydroxylation sites is 2. The van der Waals surface area contributed by atoms with Crippen LogP contribution in [0.25, 0.3) is 27.8 Å². The number of nitrogens with one attached hydrogen (secondary N) is 1. The van der Waals surface area contributed by atoms with Gasteiger partial charge in [-0.3, -0.25) is 14.6 Å². The lowest BCUT2D eigenvalue weighted by Gasteiger charge is -2.10. The number of imidazole rings is 1. The predicted molar refractivity (Wildman–Crippen MR) is 89.8 cm³/mol. The molecule has 3 N–H and O–H groups in total. The van der Waals surface area contributed by atoms with Crippen molar-refractivity contribution in [2.75, 3.05) is 0 Å². The number of aromatic nitrogens is 2. The van der Waals surface area contributed by atoms with E-state index < -0.39 is 0 Å². The third kappa shape index (κ3) is 2.15. The molecular formula is C18H14N4O. The molecule has 0 saturated carbocycles. The van der Waals surface area contributed by atoms with Crippen LogP contribution in [0, 0.1) is 0 Å². The molecule has 0 bridgehead atoms. The van der Waals surface area contributed by atoms with E-state index in [4.69, 9.17) is 5.84 Å². The Morgan fingerprint density at radius 2 is 1.78 bits per heavy atom. The van der Waals surface area contributed by atoms with E-state index in [0.717, 1.165) is 22.2 Å². The van der Waals surface area contributed by atoms with Crippen molar-refractivity contribution >= 4 is 22.6 Å². The summed E-state index contributed by atoms with van der Waals surface area (Å²) in [5, 5.41) is 0.